The van der Waals surface area contributed by atoms with E-state index in [1.54, 1.807) is 19.1 Å². The Morgan fingerprint density at radius 2 is 1.92 bits per heavy atom. The summed E-state index contributed by atoms with van der Waals surface area (Å²) in [6.07, 6.45) is 5.54. The van der Waals surface area contributed by atoms with Crippen LogP contribution in [0.1, 0.15) is 49.6 Å². The van der Waals surface area contributed by atoms with E-state index in [2.05, 4.69) is 15.3 Å². The van der Waals surface area contributed by atoms with E-state index in [9.17, 15) is 9.59 Å². The first-order valence-electron chi connectivity index (χ1n) is 9.03. The number of hydrogen-bond acceptors (Lipinski definition) is 6. The zero-order valence-corrected chi connectivity index (χ0v) is 14.9. The lowest BCUT2D eigenvalue weighted by Crippen LogP contribution is -2.39. The third-order valence-electron chi connectivity index (χ3n) is 4.34. The first-order valence-corrected chi connectivity index (χ1v) is 9.03. The number of benzene rings is 1. The van der Waals surface area contributed by atoms with Crippen molar-refractivity contribution in [2.75, 3.05) is 13.2 Å². The van der Waals surface area contributed by atoms with Crippen LogP contribution in [0.4, 0.5) is 0 Å². The Morgan fingerprint density at radius 1 is 1.15 bits per heavy atom. The van der Waals surface area contributed by atoms with Gasteiger partial charge in [0, 0.05) is 6.04 Å². The van der Waals surface area contributed by atoms with Gasteiger partial charge in [-0.05, 0) is 31.9 Å². The maximum Gasteiger partial charge on any atom is 0.376 e. The standard InChI is InChI=1S/C19H23N3O4/c1-2-25-19(24)17-21-15-11-7-6-10-14(15)18(22-17)26-12-16(23)20-13-8-4-3-5-9-13/h6-7,10-11,13H,2-5,8-9,12H2,1H3,(H,20,23). The lowest BCUT2D eigenvalue weighted by atomic mass is 9.95. The highest BCUT2D eigenvalue weighted by Crippen LogP contribution is 2.22. The van der Waals surface area contributed by atoms with Crippen molar-refractivity contribution in [3.05, 3.63) is 30.1 Å². The number of amides is 1. The molecule has 0 bridgehead atoms. The van der Waals surface area contributed by atoms with Crippen LogP contribution >= 0.6 is 0 Å². The SMILES string of the molecule is CCOC(=O)c1nc(OCC(=O)NC2CCCCC2)c2ccccc2n1. The Bertz CT molecular complexity index is 787. The molecule has 7 nitrogen and oxygen atoms in total. The van der Waals surface area contributed by atoms with Crippen molar-refractivity contribution >= 4 is 22.8 Å². The van der Waals surface area contributed by atoms with Gasteiger partial charge in [0.25, 0.3) is 5.91 Å². The summed E-state index contributed by atoms with van der Waals surface area (Å²) in [5, 5.41) is 3.64. The number of para-hydroxylation sites is 1. The van der Waals surface area contributed by atoms with Crippen LogP contribution in [0.2, 0.25) is 0 Å². The molecule has 0 atom stereocenters. The molecule has 0 spiro atoms. The molecule has 1 aromatic carbocycles. The van der Waals surface area contributed by atoms with Crippen molar-refractivity contribution in [3.63, 3.8) is 0 Å². The highest BCUT2D eigenvalue weighted by molar-refractivity contribution is 5.91. The number of rotatable bonds is 6. The molecule has 138 valence electrons. The van der Waals surface area contributed by atoms with Crippen LogP contribution in [-0.2, 0) is 9.53 Å². The third-order valence-corrected chi connectivity index (χ3v) is 4.34. The Hall–Kier alpha value is -2.70. The Morgan fingerprint density at radius 3 is 2.69 bits per heavy atom. The summed E-state index contributed by atoms with van der Waals surface area (Å²) >= 11 is 0. The molecule has 1 aliphatic rings. The predicted molar refractivity (Wildman–Crippen MR) is 96.0 cm³/mol. The maximum absolute atomic E-state index is 12.2. The van der Waals surface area contributed by atoms with Crippen molar-refractivity contribution in [2.45, 2.75) is 45.1 Å². The van der Waals surface area contributed by atoms with Gasteiger partial charge in [0.05, 0.1) is 17.5 Å². The molecule has 0 saturated heterocycles. The average molecular weight is 357 g/mol. The fourth-order valence-corrected chi connectivity index (χ4v) is 3.09. The monoisotopic (exact) mass is 357 g/mol. The third kappa shape index (κ3) is 4.47. The van der Waals surface area contributed by atoms with Crippen LogP contribution < -0.4 is 10.1 Å². The summed E-state index contributed by atoms with van der Waals surface area (Å²) in [5.41, 5.74) is 0.563. The van der Waals surface area contributed by atoms with Gasteiger partial charge < -0.3 is 14.8 Å². The molecular formula is C19H23N3O4. The van der Waals surface area contributed by atoms with E-state index in [0.717, 1.165) is 25.7 Å². The van der Waals surface area contributed by atoms with E-state index in [0.29, 0.717) is 10.9 Å². The summed E-state index contributed by atoms with van der Waals surface area (Å²) < 4.78 is 10.6. The Kier molecular flexibility index (Phi) is 5.99. The largest absolute Gasteiger partial charge is 0.467 e. The average Bonchev–Trinajstić information content (AvgIpc) is 2.67. The number of aromatic nitrogens is 2. The molecular weight excluding hydrogens is 334 g/mol. The van der Waals surface area contributed by atoms with Crippen molar-refractivity contribution in [2.24, 2.45) is 0 Å². The molecule has 1 N–H and O–H groups in total. The summed E-state index contributed by atoms with van der Waals surface area (Å²) in [6, 6.07) is 7.40. The molecule has 0 unspecified atom stereocenters. The van der Waals surface area contributed by atoms with Gasteiger partial charge in [-0.25, -0.2) is 9.78 Å². The summed E-state index contributed by atoms with van der Waals surface area (Å²) in [6.45, 7) is 1.79. The highest BCUT2D eigenvalue weighted by atomic mass is 16.5. The van der Waals surface area contributed by atoms with E-state index < -0.39 is 5.97 Å². The van der Waals surface area contributed by atoms with Crippen LogP contribution in [0.5, 0.6) is 5.88 Å². The molecule has 7 heteroatoms. The number of fused-ring (bicyclic) bond motifs is 1. The number of hydrogen-bond donors (Lipinski definition) is 1. The molecule has 1 aliphatic carbocycles. The highest BCUT2D eigenvalue weighted by Gasteiger charge is 2.18. The lowest BCUT2D eigenvalue weighted by molar-refractivity contribution is -0.124. The molecule has 0 radical (unpaired) electrons. The zero-order chi connectivity index (χ0) is 18.4. The second-order valence-electron chi connectivity index (χ2n) is 6.28. The van der Waals surface area contributed by atoms with Gasteiger partial charge in [-0.1, -0.05) is 31.4 Å². The Labute approximate surface area is 152 Å². The maximum atomic E-state index is 12.2. The van der Waals surface area contributed by atoms with Crippen LogP contribution in [0, 0.1) is 0 Å². The molecule has 1 aromatic heterocycles. The quantitative estimate of drug-likeness (QED) is 0.799. The van der Waals surface area contributed by atoms with Crippen LogP contribution in [0.25, 0.3) is 10.9 Å². The number of nitrogens with zero attached hydrogens (tertiary/aromatic N) is 2. The van der Waals surface area contributed by atoms with Crippen LogP contribution in [-0.4, -0.2) is 41.1 Å². The summed E-state index contributed by atoms with van der Waals surface area (Å²) in [4.78, 5) is 32.5. The van der Waals surface area contributed by atoms with Crippen molar-refractivity contribution in [1.29, 1.82) is 0 Å². The van der Waals surface area contributed by atoms with Gasteiger partial charge in [0.2, 0.25) is 11.7 Å². The van der Waals surface area contributed by atoms with E-state index in [4.69, 9.17) is 9.47 Å². The Balaban J connectivity index is 1.73. The number of esters is 1. The summed E-state index contributed by atoms with van der Waals surface area (Å²) in [5.74, 6) is -0.669. The van der Waals surface area contributed by atoms with E-state index in [1.807, 2.05) is 12.1 Å². The predicted octanol–water partition coefficient (Wildman–Crippen LogP) is 2.63. The molecule has 26 heavy (non-hydrogen) atoms. The van der Waals surface area contributed by atoms with Gasteiger partial charge in [-0.15, -0.1) is 0 Å². The molecule has 1 heterocycles. The lowest BCUT2D eigenvalue weighted by Gasteiger charge is -2.22. The van der Waals surface area contributed by atoms with E-state index in [-0.39, 0.29) is 36.9 Å². The topological polar surface area (TPSA) is 90.4 Å². The smallest absolute Gasteiger partial charge is 0.376 e. The number of carbonyl (C=O) groups excluding carboxylic acids is 2. The number of carbonyl (C=O) groups is 2. The van der Waals surface area contributed by atoms with Crippen molar-refractivity contribution < 1.29 is 19.1 Å². The first kappa shape index (κ1) is 18.1. The van der Waals surface area contributed by atoms with Gasteiger partial charge in [0.15, 0.2) is 6.61 Å². The molecule has 2 aromatic rings. The van der Waals surface area contributed by atoms with Crippen LogP contribution in [0.3, 0.4) is 0 Å². The molecule has 0 aliphatic heterocycles. The van der Waals surface area contributed by atoms with Gasteiger partial charge in [-0.3, -0.25) is 4.79 Å². The molecule has 1 fully saturated rings. The zero-order valence-electron chi connectivity index (χ0n) is 14.9. The summed E-state index contributed by atoms with van der Waals surface area (Å²) in [7, 11) is 0. The van der Waals surface area contributed by atoms with Gasteiger partial charge >= 0.3 is 5.97 Å². The van der Waals surface area contributed by atoms with Crippen LogP contribution in [0.15, 0.2) is 24.3 Å². The second kappa shape index (κ2) is 8.60. The second-order valence-corrected chi connectivity index (χ2v) is 6.28. The fraction of sp³-hybridized carbons (Fsp3) is 0.474. The molecule has 3 rings (SSSR count). The van der Waals surface area contributed by atoms with Crippen molar-refractivity contribution in [3.8, 4) is 5.88 Å². The molecule has 1 amide bonds. The minimum absolute atomic E-state index is 0.0757. The number of nitrogens with one attached hydrogen (secondary N) is 1. The normalized spacial score (nSPS) is 14.8. The first-order chi connectivity index (χ1) is 12.7. The fourth-order valence-electron chi connectivity index (χ4n) is 3.09. The minimum Gasteiger partial charge on any atom is -0.467 e. The van der Waals surface area contributed by atoms with Gasteiger partial charge in [0.1, 0.15) is 0 Å². The minimum atomic E-state index is -0.616. The van der Waals surface area contributed by atoms with Crippen molar-refractivity contribution in [1.82, 2.24) is 15.3 Å². The van der Waals surface area contributed by atoms with Gasteiger partial charge in [-0.2, -0.15) is 4.98 Å². The van der Waals surface area contributed by atoms with E-state index in [1.165, 1.54) is 6.42 Å². The van der Waals surface area contributed by atoms with E-state index >= 15 is 0 Å². The molecule has 1 saturated carbocycles. The number of ether oxygens (including phenoxy) is 2.